The van der Waals surface area contributed by atoms with Crippen molar-refractivity contribution in [2.24, 2.45) is 7.05 Å². The molecular formula is C22H24N4O4S2. The van der Waals surface area contributed by atoms with Gasteiger partial charge in [0.25, 0.3) is 0 Å². The Labute approximate surface area is 194 Å². The molecule has 168 valence electrons. The number of hydrogen-bond acceptors (Lipinski definition) is 8. The van der Waals surface area contributed by atoms with Gasteiger partial charge in [-0.2, -0.15) is 0 Å². The first-order valence-corrected chi connectivity index (χ1v) is 12.0. The van der Waals surface area contributed by atoms with Gasteiger partial charge in [-0.25, -0.2) is 4.79 Å². The van der Waals surface area contributed by atoms with Crippen molar-refractivity contribution in [3.05, 3.63) is 40.3 Å². The van der Waals surface area contributed by atoms with Crippen LogP contribution in [0.25, 0.3) is 11.4 Å². The molecule has 8 nitrogen and oxygen atoms in total. The van der Waals surface area contributed by atoms with Crippen molar-refractivity contribution in [1.82, 2.24) is 14.8 Å². The first-order chi connectivity index (χ1) is 15.5. The molecule has 3 aromatic rings. The zero-order valence-corrected chi connectivity index (χ0v) is 19.8. The maximum absolute atomic E-state index is 12.7. The molecule has 0 spiro atoms. The van der Waals surface area contributed by atoms with E-state index < -0.39 is 5.97 Å². The summed E-state index contributed by atoms with van der Waals surface area (Å²) in [6, 6.07) is 7.58. The number of rotatable bonds is 7. The van der Waals surface area contributed by atoms with Crippen LogP contribution in [0.2, 0.25) is 0 Å². The van der Waals surface area contributed by atoms with Crippen LogP contribution < -0.4 is 10.1 Å². The van der Waals surface area contributed by atoms with Gasteiger partial charge in [-0.1, -0.05) is 23.9 Å². The fraction of sp³-hybridized carbons (Fsp3) is 0.364. The lowest BCUT2D eigenvalue weighted by Crippen LogP contribution is -2.17. The fourth-order valence-electron chi connectivity index (χ4n) is 3.77. The van der Waals surface area contributed by atoms with Crippen LogP contribution in [0.3, 0.4) is 0 Å². The zero-order valence-electron chi connectivity index (χ0n) is 18.1. The number of nitrogens with one attached hydrogen (secondary N) is 1. The van der Waals surface area contributed by atoms with Crippen LogP contribution >= 0.6 is 23.1 Å². The maximum atomic E-state index is 12.7. The number of anilines is 1. The first-order valence-electron chi connectivity index (χ1n) is 10.2. The van der Waals surface area contributed by atoms with E-state index in [0.717, 1.165) is 41.7 Å². The Morgan fingerprint density at radius 1 is 1.19 bits per heavy atom. The van der Waals surface area contributed by atoms with Crippen molar-refractivity contribution in [3.63, 3.8) is 0 Å². The van der Waals surface area contributed by atoms with Crippen LogP contribution in [-0.4, -0.2) is 46.6 Å². The van der Waals surface area contributed by atoms with Gasteiger partial charge in [-0.05, 0) is 43.4 Å². The largest absolute Gasteiger partial charge is 0.496 e. The molecule has 1 N–H and O–H groups in total. The van der Waals surface area contributed by atoms with Gasteiger partial charge in [0.1, 0.15) is 10.8 Å². The molecule has 1 aliphatic rings. The van der Waals surface area contributed by atoms with Gasteiger partial charge in [-0.3, -0.25) is 4.79 Å². The summed E-state index contributed by atoms with van der Waals surface area (Å²) in [5.41, 5.74) is 2.35. The van der Waals surface area contributed by atoms with Gasteiger partial charge in [-0.15, -0.1) is 21.5 Å². The number of carbonyl (C=O) groups is 2. The van der Waals surface area contributed by atoms with Gasteiger partial charge in [0.2, 0.25) is 5.91 Å². The Hall–Kier alpha value is -2.85. The predicted octanol–water partition coefficient (Wildman–Crippen LogP) is 3.95. The van der Waals surface area contributed by atoms with E-state index in [4.69, 9.17) is 9.47 Å². The third-order valence-corrected chi connectivity index (χ3v) is 7.56. The summed E-state index contributed by atoms with van der Waals surface area (Å²) < 4.78 is 12.2. The molecule has 2 heterocycles. The molecule has 2 aromatic heterocycles. The molecule has 0 radical (unpaired) electrons. The SMILES string of the molecule is COC(=O)c1c(NC(=O)CSc2nnc(-c3ccccc3OC)n2C)sc2c1CCCC2. The average molecular weight is 473 g/mol. The van der Waals surface area contributed by atoms with Gasteiger partial charge < -0.3 is 19.4 Å². The molecule has 0 atom stereocenters. The molecule has 0 saturated heterocycles. The summed E-state index contributed by atoms with van der Waals surface area (Å²) in [5.74, 6) is 0.891. The minimum Gasteiger partial charge on any atom is -0.496 e. The molecule has 1 aromatic carbocycles. The van der Waals surface area contributed by atoms with Gasteiger partial charge >= 0.3 is 5.97 Å². The molecule has 0 bridgehead atoms. The van der Waals surface area contributed by atoms with E-state index in [2.05, 4.69) is 15.5 Å². The quantitative estimate of drug-likeness (QED) is 0.411. The van der Waals surface area contributed by atoms with E-state index in [1.807, 2.05) is 35.9 Å². The summed E-state index contributed by atoms with van der Waals surface area (Å²) in [4.78, 5) is 26.2. The summed E-state index contributed by atoms with van der Waals surface area (Å²) in [7, 11) is 4.83. The lowest BCUT2D eigenvalue weighted by Gasteiger charge is -2.11. The van der Waals surface area contributed by atoms with Crippen LogP contribution in [0.4, 0.5) is 5.00 Å². The third kappa shape index (κ3) is 4.37. The van der Waals surface area contributed by atoms with E-state index in [0.29, 0.717) is 27.3 Å². The number of aryl methyl sites for hydroxylation is 1. The molecular weight excluding hydrogens is 448 g/mol. The second-order valence-corrected chi connectivity index (χ2v) is 9.36. The summed E-state index contributed by atoms with van der Waals surface area (Å²) in [6.45, 7) is 0. The number of carbonyl (C=O) groups excluding carboxylic acids is 2. The number of benzene rings is 1. The Morgan fingerprint density at radius 3 is 2.75 bits per heavy atom. The minimum atomic E-state index is -0.401. The lowest BCUT2D eigenvalue weighted by atomic mass is 9.95. The highest BCUT2D eigenvalue weighted by atomic mass is 32.2. The van der Waals surface area contributed by atoms with Crippen LogP contribution in [0, 0.1) is 0 Å². The Bertz CT molecular complexity index is 1160. The monoisotopic (exact) mass is 472 g/mol. The number of esters is 1. The van der Waals surface area contributed by atoms with E-state index in [9.17, 15) is 9.59 Å². The second-order valence-electron chi connectivity index (χ2n) is 7.31. The number of methoxy groups -OCH3 is 2. The van der Waals surface area contributed by atoms with E-state index in [1.54, 1.807) is 7.11 Å². The summed E-state index contributed by atoms with van der Waals surface area (Å²) >= 11 is 2.76. The highest BCUT2D eigenvalue weighted by molar-refractivity contribution is 7.99. The number of thiophene rings is 1. The van der Waals surface area contributed by atoms with Crippen LogP contribution in [0.15, 0.2) is 29.4 Å². The number of hydrogen-bond donors (Lipinski definition) is 1. The summed E-state index contributed by atoms with van der Waals surface area (Å²) in [5, 5.41) is 12.6. The molecule has 0 fully saturated rings. The van der Waals surface area contributed by atoms with Crippen molar-refractivity contribution in [3.8, 4) is 17.1 Å². The zero-order chi connectivity index (χ0) is 22.7. The van der Waals surface area contributed by atoms with Gasteiger partial charge in [0.15, 0.2) is 11.0 Å². The number of amides is 1. The number of nitrogens with zero attached hydrogens (tertiary/aromatic N) is 3. The van der Waals surface area contributed by atoms with Crippen LogP contribution in [0.5, 0.6) is 5.75 Å². The lowest BCUT2D eigenvalue weighted by molar-refractivity contribution is -0.113. The topological polar surface area (TPSA) is 95.3 Å². The number of thioether (sulfide) groups is 1. The number of fused-ring (bicyclic) bond motifs is 1. The molecule has 1 amide bonds. The highest BCUT2D eigenvalue weighted by Gasteiger charge is 2.27. The van der Waals surface area contributed by atoms with E-state index in [-0.39, 0.29) is 11.7 Å². The van der Waals surface area contributed by atoms with E-state index in [1.165, 1.54) is 30.2 Å². The standard InChI is InChI=1S/C22H24N4O4S2/c1-26-19(13-8-4-6-10-15(13)29-2)24-25-22(26)31-12-17(27)23-20-18(21(28)30-3)14-9-5-7-11-16(14)32-20/h4,6,8,10H,5,7,9,11-12H2,1-3H3,(H,23,27). The molecule has 0 aliphatic heterocycles. The van der Waals surface area contributed by atoms with Crippen LogP contribution in [-0.2, 0) is 29.4 Å². The molecule has 1 aliphatic carbocycles. The molecule has 0 unspecified atom stereocenters. The molecule has 0 saturated carbocycles. The normalized spacial score (nSPS) is 12.8. The van der Waals surface area contributed by atoms with Crippen molar-refractivity contribution in [2.75, 3.05) is 25.3 Å². The minimum absolute atomic E-state index is 0.140. The number of ether oxygens (including phenoxy) is 2. The Balaban J connectivity index is 1.47. The van der Waals surface area contributed by atoms with Crippen molar-refractivity contribution < 1.29 is 19.1 Å². The van der Waals surface area contributed by atoms with Crippen molar-refractivity contribution in [2.45, 2.75) is 30.8 Å². The molecule has 32 heavy (non-hydrogen) atoms. The first kappa shape index (κ1) is 22.3. The smallest absolute Gasteiger partial charge is 0.341 e. The maximum Gasteiger partial charge on any atom is 0.341 e. The second kappa shape index (κ2) is 9.74. The van der Waals surface area contributed by atoms with Crippen molar-refractivity contribution >= 4 is 40.0 Å². The fourth-order valence-corrected chi connectivity index (χ4v) is 5.77. The Morgan fingerprint density at radius 2 is 1.97 bits per heavy atom. The van der Waals surface area contributed by atoms with E-state index >= 15 is 0 Å². The average Bonchev–Trinajstić information content (AvgIpc) is 3.36. The predicted molar refractivity (Wildman–Crippen MR) is 125 cm³/mol. The molecule has 10 heteroatoms. The summed E-state index contributed by atoms with van der Waals surface area (Å²) in [6.07, 6.45) is 3.90. The highest BCUT2D eigenvalue weighted by Crippen LogP contribution is 2.38. The van der Waals surface area contributed by atoms with Crippen LogP contribution in [0.1, 0.15) is 33.6 Å². The third-order valence-electron chi connectivity index (χ3n) is 5.33. The molecule has 4 rings (SSSR count). The van der Waals surface area contributed by atoms with Crippen molar-refractivity contribution in [1.29, 1.82) is 0 Å². The number of para-hydroxylation sites is 1. The Kier molecular flexibility index (Phi) is 6.80. The number of aromatic nitrogens is 3. The van der Waals surface area contributed by atoms with Gasteiger partial charge in [0, 0.05) is 11.9 Å². The van der Waals surface area contributed by atoms with Gasteiger partial charge in [0.05, 0.1) is 31.1 Å².